The number of hydrogen-bond acceptors (Lipinski definition) is 3. The van der Waals surface area contributed by atoms with Crippen LogP contribution in [0, 0.1) is 6.92 Å². The number of ether oxygens (including phenoxy) is 1. The third-order valence-corrected chi connectivity index (χ3v) is 2.96. The number of pyridine rings is 1. The first-order chi connectivity index (χ1) is 8.70. The van der Waals surface area contributed by atoms with Crippen molar-refractivity contribution in [1.29, 1.82) is 0 Å². The zero-order chi connectivity index (χ0) is 13.0. The molecule has 2 aromatic rings. The van der Waals surface area contributed by atoms with E-state index < -0.39 is 6.10 Å². The Morgan fingerprint density at radius 2 is 2.11 bits per heavy atom. The summed E-state index contributed by atoms with van der Waals surface area (Å²) in [4.78, 5) is 4.22. The van der Waals surface area contributed by atoms with E-state index in [1.54, 1.807) is 13.3 Å². The van der Waals surface area contributed by atoms with Gasteiger partial charge >= 0.3 is 0 Å². The lowest BCUT2D eigenvalue weighted by Gasteiger charge is -2.14. The first-order valence-electron chi connectivity index (χ1n) is 5.93. The molecule has 0 aliphatic heterocycles. The second-order valence-corrected chi connectivity index (χ2v) is 4.26. The van der Waals surface area contributed by atoms with Gasteiger partial charge < -0.3 is 9.84 Å². The molecule has 1 aromatic heterocycles. The zero-order valence-corrected chi connectivity index (χ0v) is 10.6. The molecule has 0 aliphatic carbocycles. The second kappa shape index (κ2) is 5.65. The van der Waals surface area contributed by atoms with Gasteiger partial charge in [-0.15, -0.1) is 0 Å². The molecule has 1 heterocycles. The fourth-order valence-corrected chi connectivity index (χ4v) is 1.98. The van der Waals surface area contributed by atoms with Gasteiger partial charge in [0.05, 0.1) is 13.2 Å². The molecule has 2 rings (SSSR count). The standard InChI is InChI=1S/C15H17NO2/c1-11-9-13(18-2)6-7-14(11)15(17)10-12-5-3-4-8-16-12/h3-9,15,17H,10H2,1-2H3. The van der Waals surface area contributed by atoms with Gasteiger partial charge in [-0.3, -0.25) is 4.98 Å². The minimum absolute atomic E-state index is 0.522. The van der Waals surface area contributed by atoms with Crippen molar-refractivity contribution in [2.24, 2.45) is 0 Å². The number of hydrogen-bond donors (Lipinski definition) is 1. The summed E-state index contributed by atoms with van der Waals surface area (Å²) in [5.74, 6) is 0.807. The predicted molar refractivity (Wildman–Crippen MR) is 70.6 cm³/mol. The van der Waals surface area contributed by atoms with E-state index in [0.29, 0.717) is 6.42 Å². The Kier molecular flexibility index (Phi) is 3.95. The monoisotopic (exact) mass is 243 g/mol. The molecule has 1 unspecified atom stereocenters. The Morgan fingerprint density at radius 1 is 1.28 bits per heavy atom. The van der Waals surface area contributed by atoms with E-state index in [0.717, 1.165) is 22.6 Å². The fraction of sp³-hybridized carbons (Fsp3) is 0.267. The minimum Gasteiger partial charge on any atom is -0.497 e. The van der Waals surface area contributed by atoms with Gasteiger partial charge in [-0.25, -0.2) is 0 Å². The van der Waals surface area contributed by atoms with Gasteiger partial charge in [-0.1, -0.05) is 12.1 Å². The SMILES string of the molecule is COc1ccc(C(O)Cc2ccccn2)c(C)c1. The molecule has 1 atom stereocenters. The van der Waals surface area contributed by atoms with E-state index in [1.807, 2.05) is 43.3 Å². The van der Waals surface area contributed by atoms with Gasteiger partial charge in [-0.05, 0) is 42.3 Å². The number of methoxy groups -OCH3 is 1. The Bertz CT molecular complexity index is 511. The highest BCUT2D eigenvalue weighted by molar-refractivity contribution is 5.36. The van der Waals surface area contributed by atoms with Crippen LogP contribution in [0.2, 0.25) is 0 Å². The molecule has 0 fully saturated rings. The number of rotatable bonds is 4. The number of nitrogens with zero attached hydrogens (tertiary/aromatic N) is 1. The lowest BCUT2D eigenvalue weighted by Crippen LogP contribution is -2.05. The van der Waals surface area contributed by atoms with Crippen LogP contribution in [-0.4, -0.2) is 17.2 Å². The highest BCUT2D eigenvalue weighted by atomic mass is 16.5. The van der Waals surface area contributed by atoms with Gasteiger partial charge in [0.25, 0.3) is 0 Å². The molecule has 1 aromatic carbocycles. The summed E-state index contributed by atoms with van der Waals surface area (Å²) in [6.07, 6.45) is 1.72. The number of aromatic nitrogens is 1. The summed E-state index contributed by atoms with van der Waals surface area (Å²) in [6, 6.07) is 11.4. The van der Waals surface area contributed by atoms with Crippen LogP contribution < -0.4 is 4.74 Å². The number of aryl methyl sites for hydroxylation is 1. The topological polar surface area (TPSA) is 42.4 Å². The van der Waals surface area contributed by atoms with Crippen molar-refractivity contribution in [1.82, 2.24) is 4.98 Å². The maximum atomic E-state index is 10.2. The van der Waals surface area contributed by atoms with Crippen LogP contribution in [0.25, 0.3) is 0 Å². The maximum Gasteiger partial charge on any atom is 0.119 e. The first-order valence-corrected chi connectivity index (χ1v) is 5.93. The Labute approximate surface area is 107 Å². The molecule has 0 bridgehead atoms. The average molecular weight is 243 g/mol. The van der Waals surface area contributed by atoms with Gasteiger partial charge in [0, 0.05) is 18.3 Å². The van der Waals surface area contributed by atoms with Crippen LogP contribution in [0.1, 0.15) is 22.9 Å². The summed E-state index contributed by atoms with van der Waals surface area (Å²) in [6.45, 7) is 1.97. The zero-order valence-electron chi connectivity index (χ0n) is 10.6. The second-order valence-electron chi connectivity index (χ2n) is 4.26. The average Bonchev–Trinajstić information content (AvgIpc) is 2.39. The lowest BCUT2D eigenvalue weighted by molar-refractivity contribution is 0.176. The van der Waals surface area contributed by atoms with Crippen molar-refractivity contribution in [2.75, 3.05) is 7.11 Å². The van der Waals surface area contributed by atoms with E-state index in [4.69, 9.17) is 4.74 Å². The van der Waals surface area contributed by atoms with Crippen molar-refractivity contribution in [3.05, 3.63) is 59.4 Å². The molecule has 1 N–H and O–H groups in total. The molecular weight excluding hydrogens is 226 g/mol. The molecule has 3 nitrogen and oxygen atoms in total. The summed E-state index contributed by atoms with van der Waals surface area (Å²) in [7, 11) is 1.64. The van der Waals surface area contributed by atoms with E-state index in [9.17, 15) is 5.11 Å². The minimum atomic E-state index is -0.536. The quantitative estimate of drug-likeness (QED) is 0.897. The molecule has 94 valence electrons. The number of benzene rings is 1. The van der Waals surface area contributed by atoms with Crippen LogP contribution in [0.4, 0.5) is 0 Å². The largest absolute Gasteiger partial charge is 0.497 e. The van der Waals surface area contributed by atoms with Crippen molar-refractivity contribution in [3.63, 3.8) is 0 Å². The van der Waals surface area contributed by atoms with Crippen LogP contribution >= 0.6 is 0 Å². The molecular formula is C15H17NO2. The summed E-state index contributed by atoms with van der Waals surface area (Å²) >= 11 is 0. The highest BCUT2D eigenvalue weighted by Crippen LogP contribution is 2.24. The normalized spacial score (nSPS) is 12.2. The Balaban J connectivity index is 2.16. The fourth-order valence-electron chi connectivity index (χ4n) is 1.98. The maximum absolute atomic E-state index is 10.2. The predicted octanol–water partition coefficient (Wildman–Crippen LogP) is 2.67. The summed E-state index contributed by atoms with van der Waals surface area (Å²) < 4.78 is 5.15. The molecule has 0 spiro atoms. The lowest BCUT2D eigenvalue weighted by atomic mass is 9.99. The van der Waals surface area contributed by atoms with Gasteiger partial charge in [0.15, 0.2) is 0 Å². The Hall–Kier alpha value is -1.87. The van der Waals surface area contributed by atoms with Crippen molar-refractivity contribution in [2.45, 2.75) is 19.4 Å². The van der Waals surface area contributed by atoms with E-state index >= 15 is 0 Å². The van der Waals surface area contributed by atoms with Gasteiger partial charge in [0.1, 0.15) is 5.75 Å². The van der Waals surface area contributed by atoms with Crippen LogP contribution in [0.5, 0.6) is 5.75 Å². The third-order valence-electron chi connectivity index (χ3n) is 2.96. The number of aliphatic hydroxyl groups excluding tert-OH is 1. The molecule has 0 aliphatic rings. The molecule has 0 radical (unpaired) electrons. The van der Waals surface area contributed by atoms with E-state index in [1.165, 1.54) is 0 Å². The van der Waals surface area contributed by atoms with Crippen molar-refractivity contribution < 1.29 is 9.84 Å². The third kappa shape index (κ3) is 2.87. The van der Waals surface area contributed by atoms with Crippen molar-refractivity contribution >= 4 is 0 Å². The van der Waals surface area contributed by atoms with Crippen LogP contribution in [0.3, 0.4) is 0 Å². The van der Waals surface area contributed by atoms with Crippen LogP contribution in [-0.2, 0) is 6.42 Å². The molecule has 0 saturated carbocycles. The summed E-state index contributed by atoms with van der Waals surface area (Å²) in [5, 5.41) is 10.2. The Morgan fingerprint density at radius 3 is 2.72 bits per heavy atom. The van der Waals surface area contributed by atoms with E-state index in [2.05, 4.69) is 4.98 Å². The van der Waals surface area contributed by atoms with Gasteiger partial charge in [-0.2, -0.15) is 0 Å². The summed E-state index contributed by atoms with van der Waals surface area (Å²) in [5.41, 5.74) is 2.83. The molecule has 18 heavy (non-hydrogen) atoms. The van der Waals surface area contributed by atoms with Crippen molar-refractivity contribution in [3.8, 4) is 5.75 Å². The molecule has 0 amide bonds. The van der Waals surface area contributed by atoms with E-state index in [-0.39, 0.29) is 0 Å². The molecule has 0 saturated heterocycles. The molecule has 3 heteroatoms. The van der Waals surface area contributed by atoms with Gasteiger partial charge in [0.2, 0.25) is 0 Å². The first kappa shape index (κ1) is 12.6. The number of aliphatic hydroxyl groups is 1. The smallest absolute Gasteiger partial charge is 0.119 e. The van der Waals surface area contributed by atoms with Crippen LogP contribution in [0.15, 0.2) is 42.6 Å². The highest BCUT2D eigenvalue weighted by Gasteiger charge is 2.12.